The van der Waals surface area contributed by atoms with Crippen LogP contribution < -0.4 is 15.2 Å². The molecule has 2 N–H and O–H groups in total. The number of nitrogen functional groups attached to an aromatic ring is 1. The topological polar surface area (TPSA) is 44.5 Å². The Kier molecular flexibility index (Phi) is 4.32. The van der Waals surface area contributed by atoms with Gasteiger partial charge in [-0.05, 0) is 42.8 Å². The lowest BCUT2D eigenvalue weighted by Crippen LogP contribution is -2.01. The van der Waals surface area contributed by atoms with Gasteiger partial charge in [-0.15, -0.1) is 0 Å². The minimum Gasteiger partial charge on any atom is -0.496 e. The Morgan fingerprint density at radius 3 is 2.53 bits per heavy atom. The molecule has 2 aromatic rings. The molecular weight excluding hydrogens is 306 g/mol. The number of anilines is 1. The summed E-state index contributed by atoms with van der Waals surface area (Å²) < 4.78 is 12.0. The van der Waals surface area contributed by atoms with Gasteiger partial charge in [0.1, 0.15) is 18.1 Å². The molecule has 100 valence electrons. The van der Waals surface area contributed by atoms with Gasteiger partial charge < -0.3 is 15.2 Å². The Hall–Kier alpha value is -1.68. The third-order valence-corrected chi connectivity index (χ3v) is 3.28. The van der Waals surface area contributed by atoms with Crippen LogP contribution in [-0.4, -0.2) is 7.11 Å². The largest absolute Gasteiger partial charge is 0.496 e. The van der Waals surface area contributed by atoms with E-state index in [-0.39, 0.29) is 0 Å². The molecule has 0 radical (unpaired) electrons. The maximum Gasteiger partial charge on any atom is 0.142 e. The average Bonchev–Trinajstić information content (AvgIpc) is 2.38. The van der Waals surface area contributed by atoms with Crippen molar-refractivity contribution in [2.45, 2.75) is 13.5 Å². The average molecular weight is 322 g/mol. The molecule has 0 bridgehead atoms. The Labute approximate surface area is 121 Å². The lowest BCUT2D eigenvalue weighted by atomic mass is 10.2. The number of rotatable bonds is 4. The maximum atomic E-state index is 5.92. The Morgan fingerprint density at radius 1 is 1.11 bits per heavy atom. The lowest BCUT2D eigenvalue weighted by Gasteiger charge is -2.12. The molecule has 3 nitrogen and oxygen atoms in total. The molecule has 19 heavy (non-hydrogen) atoms. The molecule has 0 spiro atoms. The Balaban J connectivity index is 2.16. The first-order valence-corrected chi connectivity index (χ1v) is 6.71. The summed E-state index contributed by atoms with van der Waals surface area (Å²) in [5, 5.41) is 0. The molecule has 0 fully saturated rings. The van der Waals surface area contributed by atoms with E-state index < -0.39 is 0 Å². The van der Waals surface area contributed by atoms with Gasteiger partial charge in [0, 0.05) is 10.0 Å². The van der Waals surface area contributed by atoms with Gasteiger partial charge in [0.05, 0.1) is 12.8 Å². The number of methoxy groups -OCH3 is 1. The molecule has 4 heteroatoms. The van der Waals surface area contributed by atoms with E-state index in [1.165, 1.54) is 0 Å². The highest BCUT2D eigenvalue weighted by atomic mass is 79.9. The van der Waals surface area contributed by atoms with Gasteiger partial charge in [-0.3, -0.25) is 0 Å². The van der Waals surface area contributed by atoms with Crippen LogP contribution in [0.15, 0.2) is 40.9 Å². The summed E-state index contributed by atoms with van der Waals surface area (Å²) in [4.78, 5) is 0. The first-order valence-electron chi connectivity index (χ1n) is 5.91. The first-order chi connectivity index (χ1) is 9.10. The molecule has 0 aliphatic rings. The van der Waals surface area contributed by atoms with E-state index in [0.717, 1.165) is 21.3 Å². The summed E-state index contributed by atoms with van der Waals surface area (Å²) in [5.74, 6) is 1.49. The van der Waals surface area contributed by atoms with Gasteiger partial charge >= 0.3 is 0 Å². The molecule has 0 saturated heterocycles. The van der Waals surface area contributed by atoms with Gasteiger partial charge in [0.15, 0.2) is 0 Å². The molecule has 0 atom stereocenters. The number of aryl methyl sites for hydroxylation is 1. The van der Waals surface area contributed by atoms with Gasteiger partial charge in [-0.2, -0.15) is 0 Å². The van der Waals surface area contributed by atoms with Crippen molar-refractivity contribution in [2.24, 2.45) is 0 Å². The SMILES string of the molecule is COc1ccc(Br)cc1COc1ccc(C)cc1N. The van der Waals surface area contributed by atoms with E-state index in [2.05, 4.69) is 15.9 Å². The van der Waals surface area contributed by atoms with Crippen molar-refractivity contribution in [1.82, 2.24) is 0 Å². The highest BCUT2D eigenvalue weighted by Gasteiger charge is 2.06. The molecule has 0 aliphatic heterocycles. The normalized spacial score (nSPS) is 10.3. The van der Waals surface area contributed by atoms with E-state index >= 15 is 0 Å². The molecule has 0 saturated carbocycles. The second kappa shape index (κ2) is 5.97. The summed E-state index contributed by atoms with van der Waals surface area (Å²) in [6.45, 7) is 2.41. The van der Waals surface area contributed by atoms with E-state index in [1.807, 2.05) is 43.3 Å². The second-order valence-corrected chi connectivity index (χ2v) is 5.20. The van der Waals surface area contributed by atoms with E-state index in [1.54, 1.807) is 7.11 Å². The fourth-order valence-corrected chi connectivity index (χ4v) is 2.22. The number of halogens is 1. The van der Waals surface area contributed by atoms with Crippen LogP contribution in [0, 0.1) is 6.92 Å². The molecule has 2 rings (SSSR count). The van der Waals surface area contributed by atoms with Gasteiger partial charge in [-0.25, -0.2) is 0 Å². The van der Waals surface area contributed by atoms with E-state index in [4.69, 9.17) is 15.2 Å². The highest BCUT2D eigenvalue weighted by molar-refractivity contribution is 9.10. The standard InChI is InChI=1S/C15H16BrNO2/c1-10-3-5-15(13(17)7-10)19-9-11-8-12(16)4-6-14(11)18-2/h3-8H,9,17H2,1-2H3. The fourth-order valence-electron chi connectivity index (χ4n) is 1.81. The van der Waals surface area contributed by atoms with Crippen LogP contribution in [0.3, 0.4) is 0 Å². The zero-order valence-electron chi connectivity index (χ0n) is 10.9. The quantitative estimate of drug-likeness (QED) is 0.868. The van der Waals surface area contributed by atoms with Crippen LogP contribution in [0.1, 0.15) is 11.1 Å². The van der Waals surface area contributed by atoms with Crippen LogP contribution in [-0.2, 0) is 6.61 Å². The predicted molar refractivity (Wildman–Crippen MR) is 80.6 cm³/mol. The number of hydrogen-bond acceptors (Lipinski definition) is 3. The van der Waals surface area contributed by atoms with Crippen LogP contribution in [0.25, 0.3) is 0 Å². The fraction of sp³-hybridized carbons (Fsp3) is 0.200. The summed E-state index contributed by atoms with van der Waals surface area (Å²) >= 11 is 3.44. The Bertz CT molecular complexity index is 584. The van der Waals surface area contributed by atoms with Crippen molar-refractivity contribution in [2.75, 3.05) is 12.8 Å². The highest BCUT2D eigenvalue weighted by Crippen LogP contribution is 2.27. The number of nitrogens with two attached hydrogens (primary N) is 1. The van der Waals surface area contributed by atoms with Gasteiger partial charge in [0.2, 0.25) is 0 Å². The molecule has 0 aromatic heterocycles. The van der Waals surface area contributed by atoms with E-state index in [9.17, 15) is 0 Å². The molecule has 0 amide bonds. The number of ether oxygens (including phenoxy) is 2. The summed E-state index contributed by atoms with van der Waals surface area (Å²) in [6, 6.07) is 11.6. The summed E-state index contributed by atoms with van der Waals surface area (Å²) in [5.41, 5.74) is 8.65. The minimum atomic E-state index is 0.413. The molecule has 0 aliphatic carbocycles. The lowest BCUT2D eigenvalue weighted by molar-refractivity contribution is 0.298. The van der Waals surface area contributed by atoms with E-state index in [0.29, 0.717) is 18.0 Å². The van der Waals surface area contributed by atoms with Crippen molar-refractivity contribution in [1.29, 1.82) is 0 Å². The maximum absolute atomic E-state index is 5.92. The van der Waals surface area contributed by atoms with Crippen LogP contribution >= 0.6 is 15.9 Å². The van der Waals surface area contributed by atoms with Crippen LogP contribution in [0.5, 0.6) is 11.5 Å². The molecule has 0 unspecified atom stereocenters. The molecular formula is C15H16BrNO2. The third kappa shape index (κ3) is 3.41. The minimum absolute atomic E-state index is 0.413. The first kappa shape index (κ1) is 13.7. The predicted octanol–water partition coefficient (Wildman–Crippen LogP) is 3.93. The van der Waals surface area contributed by atoms with Crippen LogP contribution in [0.4, 0.5) is 5.69 Å². The zero-order valence-corrected chi connectivity index (χ0v) is 12.5. The summed E-state index contributed by atoms with van der Waals surface area (Å²) in [7, 11) is 1.65. The van der Waals surface area contributed by atoms with Gasteiger partial charge in [0.25, 0.3) is 0 Å². The van der Waals surface area contributed by atoms with Crippen molar-refractivity contribution in [3.05, 3.63) is 52.0 Å². The van der Waals surface area contributed by atoms with Crippen molar-refractivity contribution < 1.29 is 9.47 Å². The summed E-state index contributed by atoms with van der Waals surface area (Å²) in [6.07, 6.45) is 0. The smallest absolute Gasteiger partial charge is 0.142 e. The zero-order chi connectivity index (χ0) is 13.8. The number of hydrogen-bond donors (Lipinski definition) is 1. The second-order valence-electron chi connectivity index (χ2n) is 4.29. The molecule has 2 aromatic carbocycles. The third-order valence-electron chi connectivity index (χ3n) is 2.79. The monoisotopic (exact) mass is 321 g/mol. The van der Waals surface area contributed by atoms with Crippen LogP contribution in [0.2, 0.25) is 0 Å². The number of benzene rings is 2. The van der Waals surface area contributed by atoms with Gasteiger partial charge in [-0.1, -0.05) is 22.0 Å². The molecule has 0 heterocycles. The van der Waals surface area contributed by atoms with Crippen molar-refractivity contribution in [3.8, 4) is 11.5 Å². The van der Waals surface area contributed by atoms with Crippen molar-refractivity contribution in [3.63, 3.8) is 0 Å². The Morgan fingerprint density at radius 2 is 1.84 bits per heavy atom. The van der Waals surface area contributed by atoms with Crippen molar-refractivity contribution >= 4 is 21.6 Å².